The molecule has 2 atom stereocenters. The second-order valence-electron chi connectivity index (χ2n) is 13.4. The van der Waals surface area contributed by atoms with E-state index in [2.05, 4.69) is 53.0 Å². The van der Waals surface area contributed by atoms with Crippen LogP contribution >= 0.6 is 0 Å². The van der Waals surface area contributed by atoms with Crippen molar-refractivity contribution in [1.29, 1.82) is 0 Å². The first-order valence-corrected chi connectivity index (χ1v) is 17.7. The molecule has 0 aliphatic rings. The summed E-state index contributed by atoms with van der Waals surface area (Å²) in [6.45, 7) is 22.9. The third-order valence-corrected chi connectivity index (χ3v) is 11.6. The van der Waals surface area contributed by atoms with E-state index in [0.717, 1.165) is 18.8 Å². The highest BCUT2D eigenvalue weighted by Crippen LogP contribution is 2.38. The van der Waals surface area contributed by atoms with Crippen molar-refractivity contribution in [1.82, 2.24) is 5.32 Å². The van der Waals surface area contributed by atoms with Crippen LogP contribution < -0.4 is 5.32 Å². The summed E-state index contributed by atoms with van der Waals surface area (Å²) in [5.74, 6) is 0.349. The number of alkyl carbamates (subject to hydrolysis) is 1. The van der Waals surface area contributed by atoms with Crippen molar-refractivity contribution in [3.8, 4) is 0 Å². The second kappa shape index (κ2) is 17.5. The van der Waals surface area contributed by atoms with Gasteiger partial charge in [-0.25, -0.2) is 9.59 Å². The van der Waals surface area contributed by atoms with Crippen molar-refractivity contribution in [2.45, 2.75) is 169 Å². The van der Waals surface area contributed by atoms with E-state index in [0.29, 0.717) is 6.42 Å². The van der Waals surface area contributed by atoms with Gasteiger partial charge in [-0.3, -0.25) is 0 Å². The largest absolute Gasteiger partial charge is 0.464 e. The number of carbonyl (C=O) groups is 2. The van der Waals surface area contributed by atoms with Crippen LogP contribution in [0.5, 0.6) is 0 Å². The number of hydrogen-bond acceptors (Lipinski definition) is 5. The lowest BCUT2D eigenvalue weighted by atomic mass is 10.0. The zero-order valence-corrected chi connectivity index (χ0v) is 27.3. The average Bonchev–Trinajstić information content (AvgIpc) is 2.72. The Hall–Kier alpha value is -1.08. The van der Waals surface area contributed by atoms with E-state index in [1.165, 1.54) is 51.4 Å². The molecular formula is C30H61NO5Si. The average molecular weight is 544 g/mol. The van der Waals surface area contributed by atoms with Crippen LogP contribution in [0.4, 0.5) is 4.79 Å². The third kappa shape index (κ3) is 17.2. The van der Waals surface area contributed by atoms with Gasteiger partial charge in [0.1, 0.15) is 5.60 Å². The summed E-state index contributed by atoms with van der Waals surface area (Å²) < 4.78 is 17.5. The van der Waals surface area contributed by atoms with Gasteiger partial charge < -0.3 is 19.2 Å². The van der Waals surface area contributed by atoms with Crippen molar-refractivity contribution in [2.75, 3.05) is 6.61 Å². The molecule has 7 heteroatoms. The van der Waals surface area contributed by atoms with Crippen LogP contribution in [0.2, 0.25) is 18.1 Å². The van der Waals surface area contributed by atoms with Gasteiger partial charge in [0.2, 0.25) is 0 Å². The Kier molecular flexibility index (Phi) is 17.0. The molecule has 1 N–H and O–H groups in total. The van der Waals surface area contributed by atoms with Crippen LogP contribution in [0.15, 0.2) is 0 Å². The summed E-state index contributed by atoms with van der Waals surface area (Å²) in [6, 6.07) is -0.894. The summed E-state index contributed by atoms with van der Waals surface area (Å²) in [7, 11) is -2.20. The van der Waals surface area contributed by atoms with Gasteiger partial charge in [-0.05, 0) is 58.2 Å². The predicted molar refractivity (Wildman–Crippen MR) is 157 cm³/mol. The number of hydrogen-bond donors (Lipinski definition) is 1. The number of rotatable bonds is 18. The van der Waals surface area contributed by atoms with E-state index < -0.39 is 38.1 Å². The van der Waals surface area contributed by atoms with Gasteiger partial charge in [0.25, 0.3) is 0 Å². The fourth-order valence-corrected chi connectivity index (χ4v) is 5.32. The normalized spacial score (nSPS) is 14.4. The third-order valence-electron chi connectivity index (χ3n) is 7.11. The molecule has 0 spiro atoms. The minimum Gasteiger partial charge on any atom is -0.464 e. The Morgan fingerprint density at radius 3 is 1.65 bits per heavy atom. The van der Waals surface area contributed by atoms with Crippen LogP contribution in [0, 0.1) is 5.92 Å². The number of ether oxygens (including phenoxy) is 2. The van der Waals surface area contributed by atoms with Gasteiger partial charge in [-0.15, -0.1) is 0 Å². The monoisotopic (exact) mass is 543 g/mol. The smallest absolute Gasteiger partial charge is 0.408 e. The molecule has 0 unspecified atom stereocenters. The van der Waals surface area contributed by atoms with Crippen molar-refractivity contribution < 1.29 is 23.5 Å². The maximum absolute atomic E-state index is 13.0. The van der Waals surface area contributed by atoms with E-state index in [-0.39, 0.29) is 11.6 Å². The first-order chi connectivity index (χ1) is 17.0. The molecule has 0 aromatic heterocycles. The molecule has 37 heavy (non-hydrogen) atoms. The summed E-state index contributed by atoms with van der Waals surface area (Å²) in [6.07, 6.45) is 12.1. The highest BCUT2D eigenvalue weighted by atomic mass is 28.4. The molecule has 0 bridgehead atoms. The fraction of sp³-hybridized carbons (Fsp3) is 0.933. The van der Waals surface area contributed by atoms with Crippen LogP contribution in [0.1, 0.15) is 133 Å². The molecule has 0 aliphatic heterocycles. The van der Waals surface area contributed by atoms with E-state index >= 15 is 0 Å². The van der Waals surface area contributed by atoms with Crippen LogP contribution in [-0.4, -0.2) is 44.7 Å². The number of carbonyl (C=O) groups excluding carboxylic acids is 2. The number of amides is 1. The van der Waals surface area contributed by atoms with Crippen LogP contribution in [0.3, 0.4) is 0 Å². The zero-order chi connectivity index (χ0) is 28.7. The Balaban J connectivity index is 5.09. The highest BCUT2D eigenvalue weighted by Gasteiger charge is 2.43. The molecule has 0 saturated carbocycles. The lowest BCUT2D eigenvalue weighted by Crippen LogP contribution is -2.56. The SMILES string of the molecule is CCOC(=O)[C@H](NC(=O)OC(C)(C)C)[C@@H](CCCCCCCCCCCC(C)C)O[Si](C)(C)C(C)(C)C. The topological polar surface area (TPSA) is 73.9 Å². The van der Waals surface area contributed by atoms with Gasteiger partial charge in [0.15, 0.2) is 14.4 Å². The number of unbranched alkanes of at least 4 members (excludes halogenated alkanes) is 8. The molecule has 0 fully saturated rings. The van der Waals surface area contributed by atoms with Crippen LogP contribution in [0.25, 0.3) is 0 Å². The van der Waals surface area contributed by atoms with Gasteiger partial charge in [0.05, 0.1) is 12.7 Å². The van der Waals surface area contributed by atoms with Crippen LogP contribution in [-0.2, 0) is 18.7 Å². The van der Waals surface area contributed by atoms with Gasteiger partial charge in [-0.1, -0.05) is 98.8 Å². The van der Waals surface area contributed by atoms with Crippen molar-refractivity contribution >= 4 is 20.4 Å². The number of esters is 1. The van der Waals surface area contributed by atoms with Crippen molar-refractivity contribution in [3.05, 3.63) is 0 Å². The molecule has 0 heterocycles. The Morgan fingerprint density at radius 2 is 1.24 bits per heavy atom. The summed E-state index contributed by atoms with van der Waals surface area (Å²) in [4.78, 5) is 25.6. The molecule has 0 rings (SSSR count). The first-order valence-electron chi connectivity index (χ1n) is 14.8. The van der Waals surface area contributed by atoms with Crippen molar-refractivity contribution in [3.63, 3.8) is 0 Å². The van der Waals surface area contributed by atoms with Crippen molar-refractivity contribution in [2.24, 2.45) is 5.92 Å². The zero-order valence-electron chi connectivity index (χ0n) is 26.3. The molecule has 1 amide bonds. The maximum Gasteiger partial charge on any atom is 0.408 e. The molecule has 0 saturated heterocycles. The summed E-state index contributed by atoms with van der Waals surface area (Å²) in [5.41, 5.74) is -0.659. The molecule has 6 nitrogen and oxygen atoms in total. The summed E-state index contributed by atoms with van der Waals surface area (Å²) >= 11 is 0. The number of nitrogens with one attached hydrogen (secondary N) is 1. The molecule has 0 aromatic carbocycles. The van der Waals surface area contributed by atoms with E-state index in [1.807, 2.05) is 0 Å². The fourth-order valence-electron chi connectivity index (χ4n) is 3.95. The second-order valence-corrected chi connectivity index (χ2v) is 18.2. The lowest BCUT2D eigenvalue weighted by molar-refractivity contribution is -0.148. The maximum atomic E-state index is 13.0. The lowest BCUT2D eigenvalue weighted by Gasteiger charge is -2.41. The van der Waals surface area contributed by atoms with Gasteiger partial charge >= 0.3 is 12.1 Å². The first kappa shape index (κ1) is 35.9. The molecule has 220 valence electrons. The molecular weight excluding hydrogens is 482 g/mol. The Bertz CT molecular complexity index is 637. The summed E-state index contributed by atoms with van der Waals surface area (Å²) in [5, 5.41) is 2.76. The minimum atomic E-state index is -2.20. The van der Waals surface area contributed by atoms with E-state index in [1.54, 1.807) is 27.7 Å². The minimum absolute atomic E-state index is 0.0223. The van der Waals surface area contributed by atoms with E-state index in [4.69, 9.17) is 13.9 Å². The molecule has 0 aliphatic carbocycles. The Morgan fingerprint density at radius 1 is 0.784 bits per heavy atom. The van der Waals surface area contributed by atoms with Gasteiger partial charge in [-0.2, -0.15) is 0 Å². The molecule has 0 radical (unpaired) electrons. The predicted octanol–water partition coefficient (Wildman–Crippen LogP) is 8.78. The van der Waals surface area contributed by atoms with E-state index in [9.17, 15) is 9.59 Å². The highest BCUT2D eigenvalue weighted by molar-refractivity contribution is 6.74. The Labute approximate surface area is 230 Å². The standard InChI is InChI=1S/C30H61NO5Si/c1-12-34-27(32)26(31-28(33)35-29(4,5)6)25(36-37(10,11)30(7,8)9)23-21-19-17-15-13-14-16-18-20-22-24(2)3/h24-26H,12-23H2,1-11H3,(H,31,33)/t25-,26-/m1/s1. The quantitative estimate of drug-likeness (QED) is 0.106. The molecule has 0 aromatic rings. The van der Waals surface area contributed by atoms with Gasteiger partial charge in [0, 0.05) is 0 Å².